The first-order valence-corrected chi connectivity index (χ1v) is 10.5. The zero-order valence-corrected chi connectivity index (χ0v) is 18.2. The monoisotopic (exact) mass is 417 g/mol. The number of imide groups is 1. The number of ether oxygens (including phenoxy) is 2. The average molecular weight is 418 g/mol. The van der Waals surface area contributed by atoms with Crippen LogP contribution in [0.1, 0.15) is 45.1 Å². The van der Waals surface area contributed by atoms with Crippen molar-refractivity contribution in [2.75, 3.05) is 27.3 Å². The number of hydrogen-bond acceptors (Lipinski definition) is 5. The molecule has 0 radical (unpaired) electrons. The lowest BCUT2D eigenvalue weighted by atomic mass is 9.73. The molecule has 1 saturated carbocycles. The normalized spacial score (nSPS) is 23.5. The van der Waals surface area contributed by atoms with Crippen LogP contribution in [0, 0.1) is 5.92 Å². The van der Waals surface area contributed by atoms with Crippen LogP contribution in [0.4, 0.5) is 4.79 Å². The van der Waals surface area contributed by atoms with E-state index < -0.39 is 11.6 Å². The Morgan fingerprint density at radius 3 is 2.60 bits per heavy atom. The van der Waals surface area contributed by atoms with Crippen molar-refractivity contribution in [3.05, 3.63) is 23.8 Å². The Morgan fingerprint density at radius 1 is 1.23 bits per heavy atom. The first kappa shape index (κ1) is 21.9. The number of urea groups is 1. The molecule has 2 fully saturated rings. The number of carbonyl (C=O) groups excluding carboxylic acids is 3. The summed E-state index contributed by atoms with van der Waals surface area (Å²) in [4.78, 5) is 41.3. The van der Waals surface area contributed by atoms with Gasteiger partial charge in [0.1, 0.15) is 12.1 Å². The lowest BCUT2D eigenvalue weighted by Gasteiger charge is -2.36. The van der Waals surface area contributed by atoms with Gasteiger partial charge in [0.15, 0.2) is 11.5 Å². The standard InChI is InChI=1S/C22H31N3O5/c1-5-24(13-16-9-10-17(29-3)18(12-16)30-4)19(26)14-25-20(27)22(23-21(25)28)11-7-6-8-15(22)2/h9-10,12,15H,5-8,11,13-14H2,1-4H3,(H,23,28)/t15-,22-/m1/s1. The van der Waals surface area contributed by atoms with Crippen molar-refractivity contribution in [2.24, 2.45) is 5.92 Å². The van der Waals surface area contributed by atoms with E-state index in [0.29, 0.717) is 31.0 Å². The van der Waals surface area contributed by atoms with Gasteiger partial charge in [-0.05, 0) is 43.4 Å². The van der Waals surface area contributed by atoms with E-state index in [0.717, 1.165) is 29.7 Å². The number of amides is 4. The molecule has 1 aliphatic heterocycles. The maximum absolute atomic E-state index is 13.1. The van der Waals surface area contributed by atoms with Gasteiger partial charge in [-0.15, -0.1) is 0 Å². The molecule has 2 aliphatic rings. The smallest absolute Gasteiger partial charge is 0.325 e. The number of likely N-dealkylation sites (N-methyl/N-ethyl adjacent to an activating group) is 1. The first-order chi connectivity index (χ1) is 14.4. The lowest BCUT2D eigenvalue weighted by Crippen LogP contribution is -2.54. The highest BCUT2D eigenvalue weighted by molar-refractivity contribution is 6.09. The Bertz CT molecular complexity index is 827. The van der Waals surface area contributed by atoms with Crippen molar-refractivity contribution in [2.45, 2.75) is 51.6 Å². The Labute approximate surface area is 177 Å². The molecule has 0 aromatic heterocycles. The van der Waals surface area contributed by atoms with Gasteiger partial charge >= 0.3 is 6.03 Å². The quantitative estimate of drug-likeness (QED) is 0.689. The van der Waals surface area contributed by atoms with Gasteiger partial charge in [0.05, 0.1) is 14.2 Å². The van der Waals surface area contributed by atoms with Crippen LogP contribution in [-0.4, -0.2) is 60.5 Å². The molecular weight excluding hydrogens is 386 g/mol. The summed E-state index contributed by atoms with van der Waals surface area (Å²) in [6.45, 7) is 4.42. The molecule has 1 spiro atoms. The third kappa shape index (κ3) is 3.95. The fourth-order valence-corrected chi connectivity index (χ4v) is 4.45. The zero-order chi connectivity index (χ0) is 21.9. The molecule has 0 unspecified atom stereocenters. The second-order valence-electron chi connectivity index (χ2n) is 8.04. The van der Waals surface area contributed by atoms with Crippen molar-refractivity contribution in [1.82, 2.24) is 15.1 Å². The van der Waals surface area contributed by atoms with Gasteiger partial charge in [-0.25, -0.2) is 4.79 Å². The van der Waals surface area contributed by atoms with Crippen LogP contribution in [0.3, 0.4) is 0 Å². The molecule has 1 aromatic rings. The van der Waals surface area contributed by atoms with Gasteiger partial charge in [0, 0.05) is 13.1 Å². The second kappa shape index (κ2) is 8.93. The fraction of sp³-hybridized carbons (Fsp3) is 0.591. The number of nitrogens with one attached hydrogen (secondary N) is 1. The topological polar surface area (TPSA) is 88.2 Å². The van der Waals surface area contributed by atoms with E-state index in [1.807, 2.05) is 26.0 Å². The maximum Gasteiger partial charge on any atom is 0.325 e. The summed E-state index contributed by atoms with van der Waals surface area (Å²) in [5.74, 6) is 0.728. The van der Waals surface area contributed by atoms with Gasteiger partial charge < -0.3 is 19.7 Å². The van der Waals surface area contributed by atoms with Crippen LogP contribution in [0.2, 0.25) is 0 Å². The van der Waals surface area contributed by atoms with Gasteiger partial charge in [-0.1, -0.05) is 25.8 Å². The molecule has 1 heterocycles. The summed E-state index contributed by atoms with van der Waals surface area (Å²) >= 11 is 0. The minimum atomic E-state index is -0.851. The van der Waals surface area contributed by atoms with Crippen LogP contribution < -0.4 is 14.8 Å². The highest BCUT2D eigenvalue weighted by Crippen LogP contribution is 2.38. The predicted molar refractivity (Wildman–Crippen MR) is 111 cm³/mol. The van der Waals surface area contributed by atoms with Crippen molar-refractivity contribution in [1.29, 1.82) is 0 Å². The van der Waals surface area contributed by atoms with Crippen molar-refractivity contribution in [3.63, 3.8) is 0 Å². The maximum atomic E-state index is 13.1. The third-order valence-electron chi connectivity index (χ3n) is 6.35. The van der Waals surface area contributed by atoms with Gasteiger partial charge in [-0.2, -0.15) is 0 Å². The zero-order valence-electron chi connectivity index (χ0n) is 18.2. The summed E-state index contributed by atoms with van der Waals surface area (Å²) in [6, 6.07) is 5.01. The summed E-state index contributed by atoms with van der Waals surface area (Å²) < 4.78 is 10.6. The van der Waals surface area contributed by atoms with E-state index >= 15 is 0 Å². The average Bonchev–Trinajstić information content (AvgIpc) is 2.98. The molecule has 0 bridgehead atoms. The molecular formula is C22H31N3O5. The largest absolute Gasteiger partial charge is 0.493 e. The number of hydrogen-bond donors (Lipinski definition) is 1. The van der Waals surface area contributed by atoms with Gasteiger partial charge in [0.25, 0.3) is 5.91 Å². The van der Waals surface area contributed by atoms with Crippen LogP contribution in [0.5, 0.6) is 11.5 Å². The van der Waals surface area contributed by atoms with E-state index in [-0.39, 0.29) is 24.3 Å². The Hall–Kier alpha value is -2.77. The molecule has 164 valence electrons. The van der Waals surface area contributed by atoms with Gasteiger partial charge in [-0.3, -0.25) is 14.5 Å². The van der Waals surface area contributed by atoms with Gasteiger partial charge in [0.2, 0.25) is 5.91 Å². The number of methoxy groups -OCH3 is 2. The Balaban J connectivity index is 1.71. The van der Waals surface area contributed by atoms with Crippen LogP contribution in [-0.2, 0) is 16.1 Å². The van der Waals surface area contributed by atoms with E-state index in [1.165, 1.54) is 0 Å². The van der Waals surface area contributed by atoms with Crippen LogP contribution >= 0.6 is 0 Å². The van der Waals surface area contributed by atoms with Crippen molar-refractivity contribution in [3.8, 4) is 11.5 Å². The van der Waals surface area contributed by atoms with E-state index in [4.69, 9.17) is 9.47 Å². The third-order valence-corrected chi connectivity index (χ3v) is 6.35. The highest BCUT2D eigenvalue weighted by atomic mass is 16.5. The number of nitrogens with zero attached hydrogens (tertiary/aromatic N) is 2. The molecule has 2 atom stereocenters. The molecule has 4 amide bonds. The second-order valence-corrected chi connectivity index (χ2v) is 8.04. The summed E-state index contributed by atoms with van der Waals surface area (Å²) in [7, 11) is 3.13. The predicted octanol–water partition coefficient (Wildman–Crippen LogP) is 2.55. The van der Waals surface area contributed by atoms with Crippen LogP contribution in [0.15, 0.2) is 18.2 Å². The van der Waals surface area contributed by atoms with E-state index in [9.17, 15) is 14.4 Å². The minimum absolute atomic E-state index is 0.0665. The van der Waals surface area contributed by atoms with E-state index in [2.05, 4.69) is 5.32 Å². The molecule has 1 N–H and O–H groups in total. The Morgan fingerprint density at radius 2 is 1.97 bits per heavy atom. The van der Waals surface area contributed by atoms with Crippen molar-refractivity contribution < 1.29 is 23.9 Å². The molecule has 8 nitrogen and oxygen atoms in total. The molecule has 8 heteroatoms. The number of rotatable bonds is 7. The van der Waals surface area contributed by atoms with Crippen molar-refractivity contribution >= 4 is 17.8 Å². The molecule has 30 heavy (non-hydrogen) atoms. The molecule has 1 aromatic carbocycles. The molecule has 1 saturated heterocycles. The highest BCUT2D eigenvalue weighted by Gasteiger charge is 2.55. The summed E-state index contributed by atoms with van der Waals surface area (Å²) in [6.07, 6.45) is 3.49. The summed E-state index contributed by atoms with van der Waals surface area (Å²) in [5.41, 5.74) is 0.0214. The van der Waals surface area contributed by atoms with Crippen LogP contribution in [0.25, 0.3) is 0 Å². The van der Waals surface area contributed by atoms with E-state index in [1.54, 1.807) is 25.2 Å². The number of benzene rings is 1. The molecule has 1 aliphatic carbocycles. The lowest BCUT2D eigenvalue weighted by molar-refractivity contribution is -0.140. The summed E-state index contributed by atoms with van der Waals surface area (Å²) in [5, 5.41) is 2.89. The molecule has 3 rings (SSSR count). The SMILES string of the molecule is CCN(Cc1ccc(OC)c(OC)c1)C(=O)CN1C(=O)N[C@@]2(CCCC[C@H]2C)C1=O. The number of carbonyl (C=O) groups is 3. The fourth-order valence-electron chi connectivity index (χ4n) is 4.45. The Kier molecular flexibility index (Phi) is 6.53. The first-order valence-electron chi connectivity index (χ1n) is 10.5. The minimum Gasteiger partial charge on any atom is -0.493 e.